The van der Waals surface area contributed by atoms with E-state index in [0.717, 1.165) is 6.42 Å². The molecule has 0 unspecified atom stereocenters. The average Bonchev–Trinajstić information content (AvgIpc) is 2.86. The Kier molecular flexibility index (Phi) is 5.86. The maximum Gasteiger partial charge on any atom is 0.228 e. The minimum absolute atomic E-state index is 0.0368. The fourth-order valence-electron chi connectivity index (χ4n) is 2.78. The smallest absolute Gasteiger partial charge is 0.228 e. The lowest BCUT2D eigenvalue weighted by molar-refractivity contribution is -0.115. The summed E-state index contributed by atoms with van der Waals surface area (Å²) in [6.07, 6.45) is 0.815. The summed E-state index contributed by atoms with van der Waals surface area (Å²) >= 11 is 6.27. The molecule has 0 spiro atoms. The predicted octanol–water partition coefficient (Wildman–Crippen LogP) is 3.89. The van der Waals surface area contributed by atoms with Crippen molar-refractivity contribution in [2.24, 2.45) is 0 Å². The molecule has 6 nitrogen and oxygen atoms in total. The highest BCUT2D eigenvalue weighted by Crippen LogP contribution is 2.37. The number of nitrogens with one attached hydrogen (secondary N) is 1. The van der Waals surface area contributed by atoms with E-state index in [2.05, 4.69) is 5.32 Å². The highest BCUT2D eigenvalue weighted by atomic mass is 35.5. The van der Waals surface area contributed by atoms with Gasteiger partial charge in [-0.3, -0.25) is 9.59 Å². The summed E-state index contributed by atoms with van der Waals surface area (Å²) in [4.78, 5) is 24.1. The van der Waals surface area contributed by atoms with Crippen LogP contribution < -0.4 is 19.5 Å². The monoisotopic (exact) mass is 389 g/mol. The molecule has 1 amide bonds. The fourth-order valence-corrected chi connectivity index (χ4v) is 2.98. The molecule has 7 heteroatoms. The van der Waals surface area contributed by atoms with Crippen LogP contribution in [0.2, 0.25) is 5.02 Å². The van der Waals surface area contributed by atoms with E-state index in [-0.39, 0.29) is 18.1 Å². The minimum atomic E-state index is -0.287. The Morgan fingerprint density at radius 2 is 1.85 bits per heavy atom. The van der Waals surface area contributed by atoms with E-state index in [1.54, 1.807) is 30.3 Å². The first kappa shape index (κ1) is 19.0. The molecule has 0 bridgehead atoms. The number of carbonyl (C=O) groups is 2. The number of carbonyl (C=O) groups excluding carboxylic acids is 2. The zero-order chi connectivity index (χ0) is 19.4. The quantitative estimate of drug-likeness (QED) is 0.785. The van der Waals surface area contributed by atoms with Crippen molar-refractivity contribution in [2.45, 2.75) is 19.8 Å². The number of halogens is 1. The molecule has 0 aromatic heterocycles. The first-order chi connectivity index (χ1) is 13.0. The summed E-state index contributed by atoms with van der Waals surface area (Å²) < 4.78 is 16.5. The van der Waals surface area contributed by atoms with Gasteiger partial charge in [-0.15, -0.1) is 0 Å². The Morgan fingerprint density at radius 3 is 2.52 bits per heavy atom. The summed E-state index contributed by atoms with van der Waals surface area (Å²) in [5, 5.41) is 3.14. The highest BCUT2D eigenvalue weighted by Gasteiger charge is 2.17. The summed E-state index contributed by atoms with van der Waals surface area (Å²) in [6, 6.07) is 8.30. The Labute approximate surface area is 162 Å². The number of Topliss-reactive ketones (excluding diaryl/α,β-unsaturated/α-hetero) is 1. The number of hydrogen-bond donors (Lipinski definition) is 1. The molecule has 3 rings (SSSR count). The number of anilines is 1. The van der Waals surface area contributed by atoms with E-state index in [0.29, 0.717) is 52.3 Å². The Hall–Kier alpha value is -2.73. The van der Waals surface area contributed by atoms with E-state index in [9.17, 15) is 9.59 Å². The van der Waals surface area contributed by atoms with Crippen LogP contribution in [0.1, 0.15) is 29.3 Å². The second kappa shape index (κ2) is 8.31. The SMILES string of the molecule is COc1ccc(C(C)=O)cc1CC(=O)Nc1cc2c(cc1Cl)OCCCO2. The number of ketones is 1. The van der Waals surface area contributed by atoms with Crippen molar-refractivity contribution in [3.8, 4) is 17.2 Å². The summed E-state index contributed by atoms with van der Waals surface area (Å²) in [5.41, 5.74) is 1.58. The van der Waals surface area contributed by atoms with Gasteiger partial charge in [0.2, 0.25) is 5.91 Å². The summed E-state index contributed by atoms with van der Waals surface area (Å²) in [7, 11) is 1.52. The standard InChI is InChI=1S/C20H20ClNO5/c1-12(23)13-4-5-17(25-2)14(8-13)9-20(24)22-16-11-19-18(10-15(16)21)26-6-3-7-27-19/h4-5,8,10-11H,3,6-7,9H2,1-2H3,(H,22,24). The van der Waals surface area contributed by atoms with Crippen LogP contribution in [0.3, 0.4) is 0 Å². The van der Waals surface area contributed by atoms with Gasteiger partial charge in [-0.05, 0) is 25.1 Å². The number of fused-ring (bicyclic) bond motifs is 1. The molecule has 0 saturated heterocycles. The van der Waals surface area contributed by atoms with E-state index < -0.39 is 0 Å². The topological polar surface area (TPSA) is 73.9 Å². The van der Waals surface area contributed by atoms with Crippen molar-refractivity contribution in [1.29, 1.82) is 0 Å². The normalized spacial score (nSPS) is 12.9. The van der Waals surface area contributed by atoms with Gasteiger partial charge in [0, 0.05) is 29.7 Å². The Bertz CT molecular complexity index is 881. The van der Waals surface area contributed by atoms with Crippen LogP contribution >= 0.6 is 11.6 Å². The van der Waals surface area contributed by atoms with Crippen LogP contribution in [-0.4, -0.2) is 32.0 Å². The van der Waals surface area contributed by atoms with Crippen LogP contribution in [0.4, 0.5) is 5.69 Å². The van der Waals surface area contributed by atoms with Crippen LogP contribution in [-0.2, 0) is 11.2 Å². The molecule has 142 valence electrons. The van der Waals surface area contributed by atoms with Gasteiger partial charge in [-0.2, -0.15) is 0 Å². The van der Waals surface area contributed by atoms with Gasteiger partial charge in [-0.25, -0.2) is 0 Å². The van der Waals surface area contributed by atoms with Gasteiger partial charge in [0.05, 0.1) is 37.5 Å². The molecule has 27 heavy (non-hydrogen) atoms. The predicted molar refractivity (Wildman–Crippen MR) is 102 cm³/mol. The molecule has 0 aliphatic carbocycles. The molecule has 2 aromatic carbocycles. The lowest BCUT2D eigenvalue weighted by atomic mass is 10.0. The van der Waals surface area contributed by atoms with Crippen molar-refractivity contribution in [3.63, 3.8) is 0 Å². The van der Waals surface area contributed by atoms with Gasteiger partial charge in [-0.1, -0.05) is 11.6 Å². The largest absolute Gasteiger partial charge is 0.496 e. The fraction of sp³-hybridized carbons (Fsp3) is 0.300. The number of benzene rings is 2. The number of ether oxygens (including phenoxy) is 3. The molecule has 0 fully saturated rings. The van der Waals surface area contributed by atoms with Gasteiger partial charge < -0.3 is 19.5 Å². The first-order valence-corrected chi connectivity index (χ1v) is 8.92. The van der Waals surface area contributed by atoms with Crippen molar-refractivity contribution in [1.82, 2.24) is 0 Å². The van der Waals surface area contributed by atoms with Crippen molar-refractivity contribution in [2.75, 3.05) is 25.6 Å². The van der Waals surface area contributed by atoms with E-state index in [4.69, 9.17) is 25.8 Å². The van der Waals surface area contributed by atoms with Crippen LogP contribution in [0, 0.1) is 0 Å². The van der Waals surface area contributed by atoms with E-state index in [1.807, 2.05) is 0 Å². The third kappa shape index (κ3) is 4.52. The Balaban J connectivity index is 1.79. The molecular formula is C20H20ClNO5. The van der Waals surface area contributed by atoms with Gasteiger partial charge in [0.15, 0.2) is 17.3 Å². The molecule has 1 aliphatic heterocycles. The van der Waals surface area contributed by atoms with Crippen molar-refractivity contribution < 1.29 is 23.8 Å². The van der Waals surface area contributed by atoms with Gasteiger partial charge >= 0.3 is 0 Å². The van der Waals surface area contributed by atoms with Crippen LogP contribution in [0.15, 0.2) is 30.3 Å². The lowest BCUT2D eigenvalue weighted by Gasteiger charge is -2.13. The van der Waals surface area contributed by atoms with Crippen LogP contribution in [0.25, 0.3) is 0 Å². The molecule has 1 heterocycles. The molecule has 0 atom stereocenters. The minimum Gasteiger partial charge on any atom is -0.496 e. The average molecular weight is 390 g/mol. The third-order valence-corrected chi connectivity index (χ3v) is 4.46. The lowest BCUT2D eigenvalue weighted by Crippen LogP contribution is -2.15. The maximum atomic E-state index is 12.5. The number of amides is 1. The number of rotatable bonds is 5. The summed E-state index contributed by atoms with van der Waals surface area (Å²) in [6.45, 7) is 2.57. The molecule has 0 radical (unpaired) electrons. The maximum absolute atomic E-state index is 12.5. The van der Waals surface area contributed by atoms with Gasteiger partial charge in [0.1, 0.15) is 5.75 Å². The van der Waals surface area contributed by atoms with Crippen molar-refractivity contribution >= 4 is 29.0 Å². The highest BCUT2D eigenvalue weighted by molar-refractivity contribution is 6.34. The number of hydrogen-bond acceptors (Lipinski definition) is 5. The Morgan fingerprint density at radius 1 is 1.15 bits per heavy atom. The van der Waals surface area contributed by atoms with Gasteiger partial charge in [0.25, 0.3) is 0 Å². The first-order valence-electron chi connectivity index (χ1n) is 8.55. The zero-order valence-electron chi connectivity index (χ0n) is 15.1. The zero-order valence-corrected chi connectivity index (χ0v) is 15.9. The molecule has 0 saturated carbocycles. The van der Waals surface area contributed by atoms with E-state index in [1.165, 1.54) is 14.0 Å². The third-order valence-electron chi connectivity index (χ3n) is 4.15. The summed E-state index contributed by atoms with van der Waals surface area (Å²) in [5.74, 6) is 1.28. The second-order valence-corrected chi connectivity index (χ2v) is 6.54. The molecule has 2 aromatic rings. The van der Waals surface area contributed by atoms with Crippen LogP contribution in [0.5, 0.6) is 17.2 Å². The number of methoxy groups -OCH3 is 1. The molecular weight excluding hydrogens is 370 g/mol. The van der Waals surface area contributed by atoms with Crippen molar-refractivity contribution in [3.05, 3.63) is 46.5 Å². The second-order valence-electron chi connectivity index (χ2n) is 6.14. The van der Waals surface area contributed by atoms with E-state index >= 15 is 0 Å². The molecule has 1 N–H and O–H groups in total. The molecule has 1 aliphatic rings.